The van der Waals surface area contributed by atoms with Crippen LogP contribution in [0.4, 0.5) is 11.6 Å². The lowest BCUT2D eigenvalue weighted by Gasteiger charge is -2.38. The van der Waals surface area contributed by atoms with E-state index in [-0.39, 0.29) is 0 Å². The third-order valence-corrected chi connectivity index (χ3v) is 4.60. The lowest BCUT2D eigenvalue weighted by atomic mass is 9.90. The summed E-state index contributed by atoms with van der Waals surface area (Å²) in [4.78, 5) is 9.06. The molecule has 2 aliphatic heterocycles. The molecule has 6 rings (SSSR count). The van der Waals surface area contributed by atoms with Crippen molar-refractivity contribution in [3.63, 3.8) is 0 Å². The predicted octanol–water partition coefficient (Wildman–Crippen LogP) is 2.14. The fourth-order valence-corrected chi connectivity index (χ4v) is 3.24. The molecule has 3 aliphatic rings. The largest absolute Gasteiger partial charge is 0.494 e. The fraction of sp³-hybridized carbons (Fsp3) is 0.375. The number of fused-ring (bicyclic) bond motifs is 3. The predicted molar refractivity (Wildman–Crippen MR) is 89.5 cm³/mol. The van der Waals surface area contributed by atoms with E-state index in [2.05, 4.69) is 30.6 Å². The molecule has 0 aromatic carbocycles. The number of aromatic nitrogens is 6. The van der Waals surface area contributed by atoms with Crippen molar-refractivity contribution < 1.29 is 9.47 Å². The molecule has 0 radical (unpaired) electrons. The molecule has 3 aromatic heterocycles. The lowest BCUT2D eigenvalue weighted by molar-refractivity contribution is -0.00472. The number of H-pyrrole nitrogens is 1. The maximum absolute atomic E-state index is 5.73. The highest BCUT2D eigenvalue weighted by atomic mass is 16.5. The standard InChI is InChI=1S/C16H17N7O2/c1-24-15-5-13(21-22-15)19-14-7-17-11-6-18-23(16(11)20-14)8-9-2-3-10-4-12(9)25-10/h5-7,10H,2-4,8H2,1H3,(H2,19,20,21,22). The van der Waals surface area contributed by atoms with Gasteiger partial charge in [0.15, 0.2) is 17.3 Å². The van der Waals surface area contributed by atoms with Crippen molar-refractivity contribution in [3.8, 4) is 5.88 Å². The van der Waals surface area contributed by atoms with Crippen LogP contribution in [0.5, 0.6) is 5.88 Å². The molecule has 0 saturated carbocycles. The van der Waals surface area contributed by atoms with Gasteiger partial charge in [-0.2, -0.15) is 10.2 Å². The van der Waals surface area contributed by atoms with Gasteiger partial charge in [0, 0.05) is 12.5 Å². The number of hydrogen-bond donors (Lipinski definition) is 2. The van der Waals surface area contributed by atoms with Crippen LogP contribution in [0.3, 0.4) is 0 Å². The van der Waals surface area contributed by atoms with Crippen LogP contribution in [0.2, 0.25) is 0 Å². The summed E-state index contributed by atoms with van der Waals surface area (Å²) >= 11 is 0. The number of nitrogens with one attached hydrogen (secondary N) is 2. The van der Waals surface area contributed by atoms with E-state index in [0.717, 1.165) is 36.2 Å². The Kier molecular flexibility index (Phi) is 3.12. The van der Waals surface area contributed by atoms with Gasteiger partial charge in [-0.1, -0.05) is 0 Å². The van der Waals surface area contributed by atoms with Gasteiger partial charge in [-0.25, -0.2) is 19.7 Å². The van der Waals surface area contributed by atoms with Crippen LogP contribution in [0.25, 0.3) is 11.2 Å². The molecule has 9 nitrogen and oxygen atoms in total. The molecule has 128 valence electrons. The summed E-state index contributed by atoms with van der Waals surface area (Å²) in [5.41, 5.74) is 2.81. The summed E-state index contributed by atoms with van der Waals surface area (Å²) in [6, 6.07) is 1.75. The molecule has 9 heteroatoms. The minimum absolute atomic E-state index is 0.439. The molecular weight excluding hydrogens is 322 g/mol. The highest BCUT2D eigenvalue weighted by Gasteiger charge is 2.33. The molecule has 3 aromatic rings. The molecule has 1 fully saturated rings. The average Bonchev–Trinajstić information content (AvgIpc) is 3.22. The SMILES string of the molecule is COc1cc(Nc2cnc3cnn(CC4=C5CC(CC4)O5)c3n2)n[nH]1. The normalized spacial score (nSPS) is 18.8. The molecule has 1 unspecified atom stereocenters. The molecule has 0 spiro atoms. The highest BCUT2D eigenvalue weighted by molar-refractivity contribution is 5.72. The fourth-order valence-electron chi connectivity index (χ4n) is 3.24. The van der Waals surface area contributed by atoms with E-state index in [1.165, 1.54) is 5.57 Å². The maximum atomic E-state index is 5.73. The number of methoxy groups -OCH3 is 1. The Balaban J connectivity index is 1.42. The minimum atomic E-state index is 0.439. The number of rotatable bonds is 5. The Morgan fingerprint density at radius 3 is 3.08 bits per heavy atom. The zero-order chi connectivity index (χ0) is 16.8. The molecule has 2 N–H and O–H groups in total. The van der Waals surface area contributed by atoms with Crippen molar-refractivity contribution in [2.75, 3.05) is 12.4 Å². The zero-order valence-corrected chi connectivity index (χ0v) is 13.7. The zero-order valence-electron chi connectivity index (χ0n) is 13.7. The van der Waals surface area contributed by atoms with Crippen molar-refractivity contribution in [1.29, 1.82) is 0 Å². The van der Waals surface area contributed by atoms with Gasteiger partial charge in [-0.15, -0.1) is 0 Å². The number of aromatic amines is 1. The Labute approximate surface area is 143 Å². The van der Waals surface area contributed by atoms with E-state index < -0.39 is 0 Å². The van der Waals surface area contributed by atoms with Gasteiger partial charge in [-0.3, -0.25) is 0 Å². The van der Waals surface area contributed by atoms with Crippen LogP contribution in [0, 0.1) is 0 Å². The van der Waals surface area contributed by atoms with Crippen molar-refractivity contribution in [3.05, 3.63) is 29.8 Å². The van der Waals surface area contributed by atoms with Crippen LogP contribution in [-0.2, 0) is 11.3 Å². The third kappa shape index (κ3) is 2.48. The molecule has 1 atom stereocenters. The monoisotopic (exact) mass is 339 g/mol. The Morgan fingerprint density at radius 2 is 2.32 bits per heavy atom. The first-order valence-corrected chi connectivity index (χ1v) is 8.21. The van der Waals surface area contributed by atoms with Gasteiger partial charge >= 0.3 is 0 Å². The highest BCUT2D eigenvalue weighted by Crippen LogP contribution is 2.39. The first-order chi connectivity index (χ1) is 12.3. The Morgan fingerprint density at radius 1 is 1.40 bits per heavy atom. The van der Waals surface area contributed by atoms with E-state index in [0.29, 0.717) is 30.2 Å². The molecule has 2 bridgehead atoms. The lowest BCUT2D eigenvalue weighted by Crippen LogP contribution is -2.31. The number of allylic oxidation sites excluding steroid dienone is 1. The number of ether oxygens (including phenoxy) is 2. The van der Waals surface area contributed by atoms with E-state index in [1.807, 2.05) is 4.68 Å². The summed E-state index contributed by atoms with van der Waals surface area (Å²) in [5, 5.41) is 14.4. The van der Waals surface area contributed by atoms with E-state index in [9.17, 15) is 0 Å². The Hall–Kier alpha value is -3.10. The van der Waals surface area contributed by atoms with Crippen LogP contribution < -0.4 is 10.1 Å². The molecule has 25 heavy (non-hydrogen) atoms. The number of nitrogens with zero attached hydrogens (tertiary/aromatic N) is 5. The van der Waals surface area contributed by atoms with Gasteiger partial charge in [0.05, 0.1) is 26.0 Å². The average molecular weight is 339 g/mol. The summed E-state index contributed by atoms with van der Waals surface area (Å²) < 4.78 is 12.7. The van der Waals surface area contributed by atoms with Crippen LogP contribution in [0.1, 0.15) is 19.3 Å². The Bertz CT molecular complexity index is 966. The van der Waals surface area contributed by atoms with Crippen LogP contribution in [-0.4, -0.2) is 43.2 Å². The van der Waals surface area contributed by atoms with Gasteiger partial charge in [0.25, 0.3) is 0 Å². The summed E-state index contributed by atoms with van der Waals surface area (Å²) in [5.74, 6) is 2.92. The van der Waals surface area contributed by atoms with E-state index in [1.54, 1.807) is 25.6 Å². The quantitative estimate of drug-likeness (QED) is 0.734. The second-order valence-corrected chi connectivity index (χ2v) is 6.22. The van der Waals surface area contributed by atoms with Crippen LogP contribution >= 0.6 is 0 Å². The first-order valence-electron chi connectivity index (χ1n) is 8.21. The second-order valence-electron chi connectivity index (χ2n) is 6.22. The van der Waals surface area contributed by atoms with Crippen molar-refractivity contribution in [2.45, 2.75) is 31.9 Å². The smallest absolute Gasteiger partial charge is 0.210 e. The molecule has 0 amide bonds. The summed E-state index contributed by atoms with van der Waals surface area (Å²) in [6.45, 7) is 0.694. The molecule has 1 aliphatic carbocycles. The first kappa shape index (κ1) is 14.3. The van der Waals surface area contributed by atoms with E-state index >= 15 is 0 Å². The van der Waals surface area contributed by atoms with Gasteiger partial charge in [-0.05, 0) is 18.4 Å². The molecule has 5 heterocycles. The van der Waals surface area contributed by atoms with Crippen molar-refractivity contribution in [2.24, 2.45) is 0 Å². The summed E-state index contributed by atoms with van der Waals surface area (Å²) in [6.07, 6.45) is 7.07. The van der Waals surface area contributed by atoms with Gasteiger partial charge < -0.3 is 14.8 Å². The van der Waals surface area contributed by atoms with Gasteiger partial charge in [0.2, 0.25) is 5.88 Å². The summed E-state index contributed by atoms with van der Waals surface area (Å²) in [7, 11) is 1.58. The maximum Gasteiger partial charge on any atom is 0.210 e. The topological polar surface area (TPSA) is 103 Å². The van der Waals surface area contributed by atoms with Crippen LogP contribution in [0.15, 0.2) is 29.8 Å². The number of hydrogen-bond acceptors (Lipinski definition) is 7. The number of anilines is 2. The minimum Gasteiger partial charge on any atom is -0.494 e. The molecular formula is C16H17N7O2. The second kappa shape index (κ2) is 5.47. The third-order valence-electron chi connectivity index (χ3n) is 4.60. The molecule has 1 saturated heterocycles. The van der Waals surface area contributed by atoms with E-state index in [4.69, 9.17) is 9.47 Å². The van der Waals surface area contributed by atoms with Crippen molar-refractivity contribution >= 4 is 22.8 Å². The van der Waals surface area contributed by atoms with Crippen molar-refractivity contribution in [1.82, 2.24) is 29.9 Å². The van der Waals surface area contributed by atoms with Gasteiger partial charge in [0.1, 0.15) is 17.4 Å².